The molecule has 7 heteroatoms. The zero-order valence-corrected chi connectivity index (χ0v) is 14.4. The highest BCUT2D eigenvalue weighted by Crippen LogP contribution is 2.22. The van der Waals surface area contributed by atoms with Crippen molar-refractivity contribution in [1.82, 2.24) is 14.8 Å². The van der Waals surface area contributed by atoms with Crippen molar-refractivity contribution >= 4 is 16.7 Å². The van der Waals surface area contributed by atoms with E-state index in [-0.39, 0.29) is 17.8 Å². The smallest absolute Gasteiger partial charge is 0.357 e. The lowest BCUT2D eigenvalue weighted by molar-refractivity contribution is 0.0690. The zero-order valence-electron chi connectivity index (χ0n) is 14.4. The minimum atomic E-state index is -1.19. The minimum Gasteiger partial charge on any atom is -0.476 e. The van der Waals surface area contributed by atoms with Gasteiger partial charge in [0.15, 0.2) is 5.69 Å². The molecule has 0 aliphatic carbocycles. The van der Waals surface area contributed by atoms with Crippen LogP contribution in [0, 0.1) is 6.92 Å². The summed E-state index contributed by atoms with van der Waals surface area (Å²) in [5.74, 6) is -0.204. The van der Waals surface area contributed by atoms with Crippen LogP contribution < -0.4 is 5.56 Å². The van der Waals surface area contributed by atoms with Crippen LogP contribution in [0.15, 0.2) is 63.8 Å². The van der Waals surface area contributed by atoms with Gasteiger partial charge in [-0.15, -0.1) is 0 Å². The summed E-state index contributed by atoms with van der Waals surface area (Å²) in [5.41, 5.74) is 0.792. The monoisotopic (exact) mass is 361 g/mol. The minimum absolute atomic E-state index is 0.0200. The third kappa shape index (κ3) is 2.99. The molecule has 0 unspecified atom stereocenters. The van der Waals surface area contributed by atoms with Crippen LogP contribution in [0.1, 0.15) is 21.9 Å². The number of rotatable bonds is 4. The first kappa shape index (κ1) is 16.7. The predicted octanol–water partition coefficient (Wildman–Crippen LogP) is 3.11. The number of fused-ring (bicyclic) bond motifs is 1. The van der Waals surface area contributed by atoms with Gasteiger partial charge in [-0.1, -0.05) is 36.4 Å². The number of carbonyl (C=O) groups is 1. The topological polar surface area (TPSA) is 98.2 Å². The highest BCUT2D eigenvalue weighted by molar-refractivity contribution is 6.01. The van der Waals surface area contributed by atoms with Gasteiger partial charge in [0.1, 0.15) is 11.5 Å². The van der Waals surface area contributed by atoms with E-state index in [4.69, 9.17) is 4.42 Å². The highest BCUT2D eigenvalue weighted by Gasteiger charge is 2.18. The van der Waals surface area contributed by atoms with Gasteiger partial charge >= 0.3 is 5.97 Å². The number of benzene rings is 2. The molecule has 0 radical (unpaired) electrons. The van der Waals surface area contributed by atoms with Crippen molar-refractivity contribution in [2.45, 2.75) is 13.5 Å². The Balaban J connectivity index is 1.81. The molecule has 4 rings (SSSR count). The number of aryl methyl sites for hydroxylation is 1. The van der Waals surface area contributed by atoms with Crippen LogP contribution in [-0.2, 0) is 6.54 Å². The first-order valence-electron chi connectivity index (χ1n) is 8.29. The molecule has 27 heavy (non-hydrogen) atoms. The van der Waals surface area contributed by atoms with Gasteiger partial charge in [-0.05, 0) is 25.1 Å². The van der Waals surface area contributed by atoms with Crippen molar-refractivity contribution in [3.8, 4) is 11.5 Å². The molecule has 0 aliphatic rings. The number of carboxylic acid groups (broad SMARTS) is 1. The van der Waals surface area contributed by atoms with Gasteiger partial charge in [-0.3, -0.25) is 4.79 Å². The molecule has 2 heterocycles. The Morgan fingerprint density at radius 1 is 1.07 bits per heavy atom. The fourth-order valence-corrected chi connectivity index (χ4v) is 2.92. The Morgan fingerprint density at radius 3 is 2.44 bits per heavy atom. The molecule has 1 N–H and O–H groups in total. The van der Waals surface area contributed by atoms with Gasteiger partial charge in [0, 0.05) is 10.9 Å². The van der Waals surface area contributed by atoms with Crippen LogP contribution in [0.5, 0.6) is 0 Å². The van der Waals surface area contributed by atoms with E-state index in [1.54, 1.807) is 31.2 Å². The molecule has 0 saturated heterocycles. The van der Waals surface area contributed by atoms with E-state index in [9.17, 15) is 14.7 Å². The number of oxazole rings is 1. The van der Waals surface area contributed by atoms with Gasteiger partial charge < -0.3 is 9.52 Å². The van der Waals surface area contributed by atoms with E-state index >= 15 is 0 Å². The summed E-state index contributed by atoms with van der Waals surface area (Å²) >= 11 is 0. The summed E-state index contributed by atoms with van der Waals surface area (Å²) in [6.45, 7) is 1.77. The molecule has 0 bridgehead atoms. The van der Waals surface area contributed by atoms with Gasteiger partial charge in [-0.25, -0.2) is 14.5 Å². The molecule has 0 amide bonds. The van der Waals surface area contributed by atoms with E-state index in [0.29, 0.717) is 28.1 Å². The second-order valence-electron chi connectivity index (χ2n) is 6.05. The Morgan fingerprint density at radius 2 is 1.74 bits per heavy atom. The molecule has 134 valence electrons. The van der Waals surface area contributed by atoms with Crippen LogP contribution in [0.3, 0.4) is 0 Å². The predicted molar refractivity (Wildman–Crippen MR) is 98.7 cm³/mol. The molecule has 0 aliphatic heterocycles. The van der Waals surface area contributed by atoms with Gasteiger partial charge in [0.25, 0.3) is 5.56 Å². The normalized spacial score (nSPS) is 11.0. The van der Waals surface area contributed by atoms with E-state index in [1.165, 1.54) is 0 Å². The summed E-state index contributed by atoms with van der Waals surface area (Å²) in [5, 5.41) is 14.1. The third-order valence-corrected chi connectivity index (χ3v) is 4.28. The number of hydrogen-bond donors (Lipinski definition) is 1. The average Bonchev–Trinajstić information content (AvgIpc) is 3.05. The summed E-state index contributed by atoms with van der Waals surface area (Å²) in [7, 11) is 0. The summed E-state index contributed by atoms with van der Waals surface area (Å²) in [4.78, 5) is 28.8. The Labute approximate surface area is 153 Å². The SMILES string of the molecule is Cc1oc(-c2ccccc2)nc1Cn1nc(C(=O)O)c2ccccc2c1=O. The van der Waals surface area contributed by atoms with Gasteiger partial charge in [0.05, 0.1) is 11.9 Å². The molecule has 0 spiro atoms. The quantitative estimate of drug-likeness (QED) is 0.600. The second-order valence-corrected chi connectivity index (χ2v) is 6.05. The molecule has 2 aromatic carbocycles. The van der Waals surface area contributed by atoms with Crippen LogP contribution in [0.2, 0.25) is 0 Å². The van der Waals surface area contributed by atoms with Crippen molar-refractivity contribution in [2.24, 2.45) is 0 Å². The highest BCUT2D eigenvalue weighted by atomic mass is 16.4. The summed E-state index contributed by atoms with van der Waals surface area (Å²) < 4.78 is 6.82. The van der Waals surface area contributed by atoms with Gasteiger partial charge in [-0.2, -0.15) is 5.10 Å². The lowest BCUT2D eigenvalue weighted by Crippen LogP contribution is -2.26. The van der Waals surface area contributed by atoms with E-state index in [1.807, 2.05) is 30.3 Å². The maximum absolute atomic E-state index is 12.7. The van der Waals surface area contributed by atoms with Gasteiger partial charge in [0.2, 0.25) is 5.89 Å². The van der Waals surface area contributed by atoms with E-state index in [2.05, 4.69) is 10.1 Å². The number of aromatic nitrogens is 3. The third-order valence-electron chi connectivity index (χ3n) is 4.28. The molecular formula is C20H15N3O4. The standard InChI is InChI=1S/C20H15N3O4/c1-12-16(21-18(27-12)13-7-3-2-4-8-13)11-23-19(24)15-10-6-5-9-14(15)17(22-23)20(25)26/h2-10H,11H2,1H3,(H,25,26). The van der Waals surface area contributed by atoms with Crippen LogP contribution in [0.4, 0.5) is 0 Å². The maximum Gasteiger partial charge on any atom is 0.357 e. The Kier molecular flexibility index (Phi) is 4.04. The molecule has 0 fully saturated rings. The number of aromatic carboxylic acids is 1. The second kappa shape index (κ2) is 6.53. The van der Waals surface area contributed by atoms with Crippen LogP contribution >= 0.6 is 0 Å². The number of hydrogen-bond acceptors (Lipinski definition) is 5. The van der Waals surface area contributed by atoms with E-state index in [0.717, 1.165) is 10.2 Å². The molecular weight excluding hydrogens is 346 g/mol. The van der Waals surface area contributed by atoms with Crippen molar-refractivity contribution in [2.75, 3.05) is 0 Å². The van der Waals surface area contributed by atoms with Crippen molar-refractivity contribution in [3.05, 3.63) is 82.1 Å². The molecule has 7 nitrogen and oxygen atoms in total. The molecule has 0 saturated carbocycles. The fourth-order valence-electron chi connectivity index (χ4n) is 2.92. The van der Waals surface area contributed by atoms with Crippen LogP contribution in [0.25, 0.3) is 22.2 Å². The zero-order chi connectivity index (χ0) is 19.0. The molecule has 0 atom stereocenters. The lowest BCUT2D eigenvalue weighted by Gasteiger charge is -2.07. The summed E-state index contributed by atoms with van der Waals surface area (Å²) in [6.07, 6.45) is 0. The largest absolute Gasteiger partial charge is 0.476 e. The summed E-state index contributed by atoms with van der Waals surface area (Å²) in [6, 6.07) is 15.9. The van der Waals surface area contributed by atoms with E-state index < -0.39 is 5.97 Å². The first-order valence-corrected chi connectivity index (χ1v) is 8.29. The van der Waals surface area contributed by atoms with Crippen molar-refractivity contribution in [1.29, 1.82) is 0 Å². The van der Waals surface area contributed by atoms with Crippen molar-refractivity contribution in [3.63, 3.8) is 0 Å². The number of nitrogens with zero attached hydrogens (tertiary/aromatic N) is 3. The first-order chi connectivity index (χ1) is 13.0. The fraction of sp³-hybridized carbons (Fsp3) is 0.100. The van der Waals surface area contributed by atoms with Crippen LogP contribution in [-0.4, -0.2) is 25.8 Å². The Bertz CT molecular complexity index is 1210. The van der Waals surface area contributed by atoms with Crippen molar-refractivity contribution < 1.29 is 14.3 Å². The maximum atomic E-state index is 12.7. The lowest BCUT2D eigenvalue weighted by atomic mass is 10.1. The molecule has 2 aromatic heterocycles. The molecule has 4 aromatic rings. The Hall–Kier alpha value is -3.74. The number of carboxylic acids is 1. The average molecular weight is 361 g/mol.